The molecule has 0 aliphatic rings. The SMILES string of the molecule is Cc1noc(-c2cccc(-c3ccc4[nH]c(=O)[nH]c4c3)c2C)n1. The minimum Gasteiger partial charge on any atom is -0.334 e. The van der Waals surface area contributed by atoms with Crippen molar-refractivity contribution in [3.8, 4) is 22.6 Å². The maximum atomic E-state index is 11.4. The van der Waals surface area contributed by atoms with Crippen molar-refractivity contribution in [3.63, 3.8) is 0 Å². The monoisotopic (exact) mass is 306 g/mol. The number of nitrogens with zero attached hydrogens (tertiary/aromatic N) is 2. The third-order valence-electron chi connectivity index (χ3n) is 3.92. The fourth-order valence-corrected chi connectivity index (χ4v) is 2.79. The number of benzene rings is 2. The second kappa shape index (κ2) is 4.95. The molecule has 114 valence electrons. The zero-order chi connectivity index (χ0) is 16.0. The summed E-state index contributed by atoms with van der Waals surface area (Å²) in [6, 6.07) is 11.8. The first kappa shape index (κ1) is 13.5. The maximum Gasteiger partial charge on any atom is 0.323 e. The van der Waals surface area contributed by atoms with Crippen LogP contribution in [0.1, 0.15) is 11.4 Å². The van der Waals surface area contributed by atoms with Crippen molar-refractivity contribution < 1.29 is 4.52 Å². The Morgan fingerprint density at radius 3 is 2.57 bits per heavy atom. The Bertz CT molecular complexity index is 1070. The molecule has 0 saturated carbocycles. The van der Waals surface area contributed by atoms with Crippen LogP contribution in [-0.2, 0) is 0 Å². The molecular weight excluding hydrogens is 292 g/mol. The van der Waals surface area contributed by atoms with Gasteiger partial charge in [-0.25, -0.2) is 4.79 Å². The van der Waals surface area contributed by atoms with Crippen molar-refractivity contribution in [3.05, 3.63) is 58.3 Å². The van der Waals surface area contributed by atoms with Crippen LogP contribution in [-0.4, -0.2) is 20.1 Å². The van der Waals surface area contributed by atoms with Gasteiger partial charge in [0, 0.05) is 5.56 Å². The first-order valence-corrected chi connectivity index (χ1v) is 7.24. The van der Waals surface area contributed by atoms with Gasteiger partial charge >= 0.3 is 5.69 Å². The standard InChI is InChI=1S/C17H14N4O2/c1-9-12(4-3-5-13(9)16-18-10(2)21-23-16)11-6-7-14-15(8-11)20-17(22)19-14/h3-8H,1-2H3,(H2,19,20,22). The van der Waals surface area contributed by atoms with E-state index >= 15 is 0 Å². The third-order valence-corrected chi connectivity index (χ3v) is 3.92. The molecule has 6 heteroatoms. The van der Waals surface area contributed by atoms with Gasteiger partial charge in [0.15, 0.2) is 5.82 Å². The molecule has 0 unspecified atom stereocenters. The molecule has 0 saturated heterocycles. The normalized spacial score (nSPS) is 11.2. The van der Waals surface area contributed by atoms with Crippen LogP contribution < -0.4 is 5.69 Å². The maximum absolute atomic E-state index is 11.4. The van der Waals surface area contributed by atoms with Crippen LogP contribution in [0.15, 0.2) is 45.7 Å². The number of H-pyrrole nitrogens is 2. The smallest absolute Gasteiger partial charge is 0.323 e. The number of rotatable bonds is 2. The second-order valence-corrected chi connectivity index (χ2v) is 5.46. The van der Waals surface area contributed by atoms with E-state index in [2.05, 4.69) is 20.1 Å². The number of aryl methyl sites for hydroxylation is 1. The molecule has 0 spiro atoms. The Morgan fingerprint density at radius 2 is 1.78 bits per heavy atom. The Kier molecular flexibility index (Phi) is 2.90. The summed E-state index contributed by atoms with van der Waals surface area (Å²) in [6.45, 7) is 3.82. The largest absolute Gasteiger partial charge is 0.334 e. The molecule has 2 aromatic heterocycles. The predicted octanol–water partition coefficient (Wildman–Crippen LogP) is 3.19. The van der Waals surface area contributed by atoms with Gasteiger partial charge < -0.3 is 14.5 Å². The van der Waals surface area contributed by atoms with E-state index in [-0.39, 0.29) is 5.69 Å². The van der Waals surface area contributed by atoms with Crippen LogP contribution in [0.3, 0.4) is 0 Å². The molecule has 0 aliphatic heterocycles. The molecule has 2 heterocycles. The molecule has 6 nitrogen and oxygen atoms in total. The summed E-state index contributed by atoms with van der Waals surface area (Å²) in [5, 5.41) is 3.85. The molecular formula is C17H14N4O2. The number of hydrogen-bond acceptors (Lipinski definition) is 4. The van der Waals surface area contributed by atoms with Gasteiger partial charge in [-0.2, -0.15) is 4.98 Å². The van der Waals surface area contributed by atoms with E-state index in [0.29, 0.717) is 11.7 Å². The highest BCUT2D eigenvalue weighted by Crippen LogP contribution is 2.31. The molecule has 0 atom stereocenters. The average Bonchev–Trinajstić information content (AvgIpc) is 3.11. The second-order valence-electron chi connectivity index (χ2n) is 5.46. The highest BCUT2D eigenvalue weighted by atomic mass is 16.5. The van der Waals surface area contributed by atoms with Gasteiger partial charge in [0.05, 0.1) is 11.0 Å². The molecule has 0 amide bonds. The van der Waals surface area contributed by atoms with Crippen LogP contribution in [0.25, 0.3) is 33.6 Å². The van der Waals surface area contributed by atoms with E-state index in [1.165, 1.54) is 0 Å². The molecule has 0 bridgehead atoms. The lowest BCUT2D eigenvalue weighted by Crippen LogP contribution is -1.99. The van der Waals surface area contributed by atoms with Gasteiger partial charge in [-0.3, -0.25) is 0 Å². The highest BCUT2D eigenvalue weighted by Gasteiger charge is 2.13. The minimum atomic E-state index is -0.205. The third kappa shape index (κ3) is 2.24. The van der Waals surface area contributed by atoms with Crippen LogP contribution in [0.5, 0.6) is 0 Å². The Labute approximate surface area is 131 Å². The van der Waals surface area contributed by atoms with Crippen LogP contribution in [0.2, 0.25) is 0 Å². The first-order valence-electron chi connectivity index (χ1n) is 7.24. The topological polar surface area (TPSA) is 87.6 Å². The van der Waals surface area contributed by atoms with Gasteiger partial charge in [-0.1, -0.05) is 23.4 Å². The van der Waals surface area contributed by atoms with Crippen LogP contribution in [0, 0.1) is 13.8 Å². The van der Waals surface area contributed by atoms with Gasteiger partial charge in [0.1, 0.15) is 0 Å². The van der Waals surface area contributed by atoms with Crippen LogP contribution >= 0.6 is 0 Å². The fourth-order valence-electron chi connectivity index (χ4n) is 2.79. The van der Waals surface area contributed by atoms with Gasteiger partial charge in [-0.05, 0) is 48.7 Å². The lowest BCUT2D eigenvalue weighted by atomic mass is 9.96. The number of imidazole rings is 1. The predicted molar refractivity (Wildman–Crippen MR) is 87.1 cm³/mol. The number of aromatic amines is 2. The Hall–Kier alpha value is -3.15. The van der Waals surface area contributed by atoms with Crippen molar-refractivity contribution in [1.82, 2.24) is 20.1 Å². The lowest BCUT2D eigenvalue weighted by molar-refractivity contribution is 0.425. The van der Waals surface area contributed by atoms with E-state index in [9.17, 15) is 4.79 Å². The molecule has 2 N–H and O–H groups in total. The van der Waals surface area contributed by atoms with Crippen molar-refractivity contribution in [2.45, 2.75) is 13.8 Å². The number of hydrogen-bond donors (Lipinski definition) is 2. The summed E-state index contributed by atoms with van der Waals surface area (Å²) in [6.07, 6.45) is 0. The number of fused-ring (bicyclic) bond motifs is 1. The van der Waals surface area contributed by atoms with Crippen molar-refractivity contribution >= 4 is 11.0 Å². The molecule has 4 aromatic rings. The number of aromatic nitrogens is 4. The molecule has 0 fully saturated rings. The molecule has 2 aromatic carbocycles. The Balaban J connectivity index is 1.89. The van der Waals surface area contributed by atoms with Crippen molar-refractivity contribution in [1.29, 1.82) is 0 Å². The van der Waals surface area contributed by atoms with E-state index in [0.717, 1.165) is 33.3 Å². The lowest BCUT2D eigenvalue weighted by Gasteiger charge is -2.09. The minimum absolute atomic E-state index is 0.205. The van der Waals surface area contributed by atoms with Crippen molar-refractivity contribution in [2.24, 2.45) is 0 Å². The van der Waals surface area contributed by atoms with E-state index in [4.69, 9.17) is 4.52 Å². The quantitative estimate of drug-likeness (QED) is 0.595. The van der Waals surface area contributed by atoms with Crippen LogP contribution in [0.4, 0.5) is 0 Å². The van der Waals surface area contributed by atoms with E-state index < -0.39 is 0 Å². The van der Waals surface area contributed by atoms with E-state index in [1.54, 1.807) is 6.92 Å². The highest BCUT2D eigenvalue weighted by molar-refractivity contribution is 5.84. The van der Waals surface area contributed by atoms with Gasteiger partial charge in [-0.15, -0.1) is 0 Å². The summed E-state index contributed by atoms with van der Waals surface area (Å²) in [7, 11) is 0. The molecule has 0 aliphatic carbocycles. The summed E-state index contributed by atoms with van der Waals surface area (Å²) < 4.78 is 5.28. The fraction of sp³-hybridized carbons (Fsp3) is 0.118. The number of nitrogens with one attached hydrogen (secondary N) is 2. The van der Waals surface area contributed by atoms with E-state index in [1.807, 2.05) is 43.3 Å². The first-order chi connectivity index (χ1) is 11.1. The summed E-state index contributed by atoms with van der Waals surface area (Å²) in [4.78, 5) is 21.2. The van der Waals surface area contributed by atoms with Gasteiger partial charge in [0.2, 0.25) is 0 Å². The summed E-state index contributed by atoms with van der Waals surface area (Å²) in [5.74, 6) is 1.12. The summed E-state index contributed by atoms with van der Waals surface area (Å²) >= 11 is 0. The summed E-state index contributed by atoms with van der Waals surface area (Å²) in [5.41, 5.74) is 5.40. The molecule has 4 rings (SSSR count). The average molecular weight is 306 g/mol. The molecule has 0 radical (unpaired) electrons. The zero-order valence-electron chi connectivity index (χ0n) is 12.7. The zero-order valence-corrected chi connectivity index (χ0v) is 12.7. The van der Waals surface area contributed by atoms with Crippen molar-refractivity contribution in [2.75, 3.05) is 0 Å². The Morgan fingerprint density at radius 1 is 1.00 bits per heavy atom. The van der Waals surface area contributed by atoms with Gasteiger partial charge in [0.25, 0.3) is 5.89 Å². The molecule has 23 heavy (non-hydrogen) atoms.